The van der Waals surface area contributed by atoms with Crippen LogP contribution in [0.2, 0.25) is 0 Å². The first kappa shape index (κ1) is 38.2. The minimum absolute atomic E-state index is 0.285. The first-order valence-corrected chi connectivity index (χ1v) is 14.8. The molecule has 3 unspecified atom stereocenters. The molecule has 0 bridgehead atoms. The Hall–Kier alpha value is -0.990. The van der Waals surface area contributed by atoms with Gasteiger partial charge in [-0.2, -0.15) is 44.8 Å². The predicted octanol–water partition coefficient (Wildman–Crippen LogP) is -2.78. The van der Waals surface area contributed by atoms with Gasteiger partial charge in [-0.05, 0) is 6.42 Å². The molecule has 0 aromatic rings. The maximum Gasteiger partial charge on any atom is 0.397 e. The van der Waals surface area contributed by atoms with E-state index in [1.807, 2.05) is 0 Å². The molecule has 2 saturated heterocycles. The zero-order valence-electron chi connectivity index (χ0n) is 20.8. The lowest BCUT2D eigenvalue weighted by molar-refractivity contribution is -0.595. The molecule has 0 amide bonds. The Morgan fingerprint density at radius 2 is 1.21 bits per heavy atom. The Kier molecular flexibility index (Phi) is 14.2. The van der Waals surface area contributed by atoms with Crippen LogP contribution < -0.4 is 0 Å². The van der Waals surface area contributed by atoms with Gasteiger partial charge in [-0.3, -0.25) is 13.7 Å². The van der Waals surface area contributed by atoms with Crippen LogP contribution in [0, 0.1) is 0 Å². The Labute approximate surface area is 239 Å². The summed E-state index contributed by atoms with van der Waals surface area (Å²) < 4.78 is 125. The molecule has 2 aliphatic rings. The maximum absolute atomic E-state index is 11.5. The van der Waals surface area contributed by atoms with E-state index in [1.54, 1.807) is 0 Å². The van der Waals surface area contributed by atoms with Crippen LogP contribution in [0.1, 0.15) is 13.3 Å². The number of hydrogen-bond acceptors (Lipinski definition) is 24. The lowest BCUT2D eigenvalue weighted by atomic mass is 9.98. The fourth-order valence-electron chi connectivity index (χ4n) is 3.91. The highest BCUT2D eigenvalue weighted by molar-refractivity contribution is 7.81. The van der Waals surface area contributed by atoms with Crippen molar-refractivity contribution in [2.75, 3.05) is 13.2 Å². The van der Waals surface area contributed by atoms with Crippen LogP contribution in [0.25, 0.3) is 0 Å². The normalized spacial score (nSPS) is 34.0. The van der Waals surface area contributed by atoms with Crippen molar-refractivity contribution in [2.24, 2.45) is 0 Å². The fraction of sp³-hybridized carbons (Fsp3) is 1.00. The van der Waals surface area contributed by atoms with Gasteiger partial charge >= 0.3 is 31.2 Å². The van der Waals surface area contributed by atoms with Crippen LogP contribution in [0.4, 0.5) is 0 Å². The number of ether oxygens (including phenoxy) is 3. The van der Waals surface area contributed by atoms with E-state index in [0.29, 0.717) is 0 Å². The van der Waals surface area contributed by atoms with Gasteiger partial charge in [0.1, 0.15) is 18.8 Å². The zero-order chi connectivity index (χ0) is 32.6. The Balaban J connectivity index is 2.67. The highest BCUT2D eigenvalue weighted by Gasteiger charge is 2.64. The van der Waals surface area contributed by atoms with Gasteiger partial charge in [-0.1, -0.05) is 27.1 Å². The van der Waals surface area contributed by atoms with Crippen molar-refractivity contribution in [1.29, 1.82) is 0 Å². The topological polar surface area (TPSA) is 373 Å². The van der Waals surface area contributed by atoms with Gasteiger partial charge in [0, 0.05) is 0 Å². The van der Waals surface area contributed by atoms with Crippen LogP contribution in [0.3, 0.4) is 0 Å². The van der Waals surface area contributed by atoms with Crippen molar-refractivity contribution in [3.8, 4) is 0 Å². The molecular weight excluding hydrogens is 684 g/mol. The second-order valence-corrected chi connectivity index (χ2v) is 11.2. The molecule has 30 heteroatoms. The molecule has 0 aromatic carbocycles. The van der Waals surface area contributed by atoms with Crippen molar-refractivity contribution >= 4 is 31.2 Å². The number of rotatable bonds is 19. The van der Waals surface area contributed by atoms with E-state index in [4.69, 9.17) is 44.3 Å². The third-order valence-electron chi connectivity index (χ3n) is 5.39. The lowest BCUT2D eigenvalue weighted by Gasteiger charge is -2.44. The highest BCUT2D eigenvalue weighted by atomic mass is 32.3. The molecule has 0 radical (unpaired) electrons. The second-order valence-electron chi connectivity index (χ2n) is 7.93. The average Bonchev–Trinajstić information content (AvgIpc) is 3.15. The molecular formula is C13H24O27S3. The van der Waals surface area contributed by atoms with Gasteiger partial charge in [0.15, 0.2) is 30.7 Å². The maximum atomic E-state index is 11.5. The summed E-state index contributed by atoms with van der Waals surface area (Å²) in [5.74, 6) is -3.05. The van der Waals surface area contributed by atoms with Crippen LogP contribution in [-0.2, 0) is 97.7 Å². The Morgan fingerprint density at radius 1 is 0.674 bits per heavy atom. The minimum Gasteiger partial charge on any atom is -0.341 e. The van der Waals surface area contributed by atoms with Gasteiger partial charge in [0.05, 0.1) is 12.7 Å². The molecule has 27 nitrogen and oxygen atoms in total. The van der Waals surface area contributed by atoms with Crippen molar-refractivity contribution in [1.82, 2.24) is 0 Å². The van der Waals surface area contributed by atoms with Crippen molar-refractivity contribution in [3.63, 3.8) is 0 Å². The fourth-order valence-corrected chi connectivity index (χ4v) is 5.04. The van der Waals surface area contributed by atoms with Crippen LogP contribution >= 0.6 is 0 Å². The Morgan fingerprint density at radius 3 is 1.70 bits per heavy atom. The van der Waals surface area contributed by atoms with Crippen molar-refractivity contribution in [3.05, 3.63) is 0 Å². The molecule has 0 spiro atoms. The molecule has 0 aromatic heterocycles. The zero-order valence-corrected chi connectivity index (χ0v) is 23.2. The molecule has 2 fully saturated rings. The molecule has 9 atom stereocenters. The monoisotopic (exact) mass is 708 g/mol. The predicted molar refractivity (Wildman–Crippen MR) is 113 cm³/mol. The van der Waals surface area contributed by atoms with Gasteiger partial charge in [-0.25, -0.2) is 33.6 Å². The van der Waals surface area contributed by atoms with Gasteiger partial charge < -0.3 is 14.2 Å². The van der Waals surface area contributed by atoms with E-state index < -0.39 is 99.2 Å². The summed E-state index contributed by atoms with van der Waals surface area (Å²) in [7, 11) is -16.1. The Bertz CT molecular complexity index is 1170. The molecule has 0 saturated carbocycles. The van der Waals surface area contributed by atoms with E-state index in [0.717, 1.165) is 0 Å². The SMILES string of the molecule is CC[C@H]1O[C@@](COS(=O)(=O)O)(O[C@@H]2OC(COS(=O)(=O)O)[C@@H](OOO)[C@H](OOO)C2OOO)C(OOO)[C@H]1OS(=O)(=O)O. The van der Waals surface area contributed by atoms with Gasteiger partial charge in [0.2, 0.25) is 5.79 Å². The van der Waals surface area contributed by atoms with Crippen LogP contribution in [-0.4, -0.2) is 128 Å². The largest absolute Gasteiger partial charge is 0.397 e. The van der Waals surface area contributed by atoms with Crippen LogP contribution in [0.5, 0.6) is 0 Å². The quantitative estimate of drug-likeness (QED) is 0.0405. The molecule has 7 N–H and O–H groups in total. The van der Waals surface area contributed by atoms with E-state index in [9.17, 15) is 29.8 Å². The first-order valence-electron chi connectivity index (χ1n) is 10.7. The summed E-state index contributed by atoms with van der Waals surface area (Å²) in [5.41, 5.74) is 0. The molecule has 2 rings (SSSR count). The number of hydrogen-bond donors (Lipinski definition) is 7. The molecule has 2 aliphatic heterocycles. The average molecular weight is 709 g/mol. The molecule has 2 heterocycles. The van der Waals surface area contributed by atoms with Crippen LogP contribution in [0.15, 0.2) is 0 Å². The third-order valence-corrected chi connectivity index (χ3v) is 6.71. The highest BCUT2D eigenvalue weighted by Crippen LogP contribution is 2.42. The van der Waals surface area contributed by atoms with Gasteiger partial charge in [-0.15, -0.1) is 0 Å². The summed E-state index contributed by atoms with van der Waals surface area (Å²) in [6.07, 6.45) is -17.3. The van der Waals surface area contributed by atoms with Crippen molar-refractivity contribution in [2.45, 2.75) is 68.1 Å². The summed E-state index contributed by atoms with van der Waals surface area (Å²) in [6.45, 7) is -1.58. The van der Waals surface area contributed by atoms with E-state index >= 15 is 0 Å². The summed E-state index contributed by atoms with van der Waals surface area (Å²) >= 11 is 0. The van der Waals surface area contributed by atoms with E-state index in [1.165, 1.54) is 6.92 Å². The van der Waals surface area contributed by atoms with E-state index in [-0.39, 0.29) is 6.42 Å². The molecule has 0 aliphatic carbocycles. The summed E-state index contributed by atoms with van der Waals surface area (Å²) in [4.78, 5) is 17.9. The standard InChI is InChI=1S/C13H24O27S3/c1-2-5-8(36-43(24,25)26)11(35-40-17)13(30-5,4-28-42(21,22)23)31-12-10(34-39-16)9(33-38-15)7(32-37-14)6(29-12)3-27-41(18,19)20/h5-12,14-17H,2-4H2,1H3,(H,18,19,20)(H,21,22,23)(H,24,25,26)/t5-,6?,7-,8+,9+,10?,11?,12+,13+/m1/s1. The van der Waals surface area contributed by atoms with E-state index in [2.05, 4.69) is 52.3 Å². The third kappa shape index (κ3) is 11.1. The lowest BCUT2D eigenvalue weighted by Crippen LogP contribution is -2.65. The first-order chi connectivity index (χ1) is 19.9. The summed E-state index contributed by atoms with van der Waals surface area (Å²) in [6, 6.07) is 0. The molecule has 43 heavy (non-hydrogen) atoms. The van der Waals surface area contributed by atoms with Crippen molar-refractivity contribution < 1.29 is 126 Å². The second kappa shape index (κ2) is 16.0. The minimum atomic E-state index is -5.42. The van der Waals surface area contributed by atoms with Gasteiger partial charge in [0.25, 0.3) is 0 Å². The smallest absolute Gasteiger partial charge is 0.341 e. The molecule has 256 valence electrons. The summed E-state index contributed by atoms with van der Waals surface area (Å²) in [5, 5.41) is 49.6.